The normalized spacial score (nSPS) is 17.1. The summed E-state index contributed by atoms with van der Waals surface area (Å²) in [7, 11) is 0. The lowest BCUT2D eigenvalue weighted by Gasteiger charge is -2.17. The van der Waals surface area contributed by atoms with Crippen molar-refractivity contribution in [3.05, 3.63) is 70.7 Å². The summed E-state index contributed by atoms with van der Waals surface area (Å²) in [5, 5.41) is 10.2. The average molecular weight is 377 g/mol. The molecule has 1 aliphatic rings. The van der Waals surface area contributed by atoms with Crippen LogP contribution in [0.15, 0.2) is 48.3 Å². The van der Waals surface area contributed by atoms with E-state index in [0.29, 0.717) is 13.0 Å². The van der Waals surface area contributed by atoms with Gasteiger partial charge in [-0.05, 0) is 68.5 Å². The van der Waals surface area contributed by atoms with Gasteiger partial charge in [-0.2, -0.15) is 0 Å². The highest BCUT2D eigenvalue weighted by Crippen LogP contribution is 2.43. The minimum atomic E-state index is 0.0462. The van der Waals surface area contributed by atoms with Crippen LogP contribution in [0.3, 0.4) is 0 Å². The molecule has 0 saturated carbocycles. The van der Waals surface area contributed by atoms with Crippen molar-refractivity contribution in [1.29, 1.82) is 0 Å². The molecule has 0 amide bonds. The second kappa shape index (κ2) is 8.42. The summed E-state index contributed by atoms with van der Waals surface area (Å²) < 4.78 is 2.22. The van der Waals surface area contributed by atoms with Gasteiger partial charge >= 0.3 is 0 Å². The quantitative estimate of drug-likeness (QED) is 0.306. The number of hydrogen-bond acceptors (Lipinski definition) is 3. The molecule has 0 fully saturated rings. The highest BCUT2D eigenvalue weighted by Gasteiger charge is 2.31. The van der Waals surface area contributed by atoms with Gasteiger partial charge in [-0.15, -0.1) is 0 Å². The Balaban J connectivity index is 2.31. The summed E-state index contributed by atoms with van der Waals surface area (Å²) >= 11 is 0. The maximum atomic E-state index is 12.4. The zero-order chi connectivity index (χ0) is 20.3. The van der Waals surface area contributed by atoms with E-state index in [2.05, 4.69) is 10.6 Å². The van der Waals surface area contributed by atoms with Crippen molar-refractivity contribution in [3.8, 4) is 0 Å². The number of nitrogens with zero attached hydrogens (tertiary/aromatic N) is 1. The number of aromatic nitrogens is 1. The standard InChI is InChI=1S/C24H27NO3/c1-4-6-18(7-5-11-26)15-25-23-19(10-12-27)8-9-20(23)22-14-16(2)13-21(17(3)28)24(22)25/h4-7,11-14,19,26H,8-10,15H2,1-3H3/b6-4-,11-5+,18-7+/t19-/m1/s1. The van der Waals surface area contributed by atoms with Crippen LogP contribution in [0.1, 0.15) is 59.8 Å². The zero-order valence-electron chi connectivity index (χ0n) is 16.7. The zero-order valence-corrected chi connectivity index (χ0v) is 16.7. The average Bonchev–Trinajstić information content (AvgIpc) is 3.19. The molecule has 1 heterocycles. The van der Waals surface area contributed by atoms with Gasteiger partial charge in [0.05, 0.1) is 11.8 Å². The molecule has 0 unspecified atom stereocenters. The first kappa shape index (κ1) is 19.9. The Bertz CT molecular complexity index is 1000. The first-order valence-electron chi connectivity index (χ1n) is 9.74. The maximum absolute atomic E-state index is 12.4. The van der Waals surface area contributed by atoms with Crippen molar-refractivity contribution in [2.45, 2.75) is 52.5 Å². The monoisotopic (exact) mass is 377 g/mol. The van der Waals surface area contributed by atoms with E-state index < -0.39 is 0 Å². The molecule has 0 bridgehead atoms. The van der Waals surface area contributed by atoms with Gasteiger partial charge in [-0.25, -0.2) is 0 Å². The summed E-state index contributed by atoms with van der Waals surface area (Å²) in [4.78, 5) is 23.7. The summed E-state index contributed by atoms with van der Waals surface area (Å²) in [6.45, 7) is 6.16. The molecule has 1 aromatic carbocycles. The van der Waals surface area contributed by atoms with E-state index in [9.17, 15) is 9.59 Å². The van der Waals surface area contributed by atoms with Crippen LogP contribution in [-0.2, 0) is 17.8 Å². The molecule has 3 rings (SSSR count). The first-order valence-corrected chi connectivity index (χ1v) is 9.74. The molecule has 0 aliphatic heterocycles. The molecule has 1 N–H and O–H groups in total. The lowest BCUT2D eigenvalue weighted by Crippen LogP contribution is -2.10. The fourth-order valence-corrected chi connectivity index (χ4v) is 4.41. The van der Waals surface area contributed by atoms with E-state index in [-0.39, 0.29) is 11.7 Å². The Morgan fingerprint density at radius 2 is 2.14 bits per heavy atom. The molecule has 2 aromatic rings. The van der Waals surface area contributed by atoms with Crippen LogP contribution in [0.25, 0.3) is 10.9 Å². The number of benzene rings is 1. The molecule has 28 heavy (non-hydrogen) atoms. The molecule has 1 aliphatic carbocycles. The lowest BCUT2D eigenvalue weighted by atomic mass is 10.0. The molecule has 1 aromatic heterocycles. The Kier molecular flexibility index (Phi) is 5.98. The molecule has 0 spiro atoms. The van der Waals surface area contributed by atoms with Crippen LogP contribution in [-0.4, -0.2) is 21.7 Å². The topological polar surface area (TPSA) is 59.3 Å². The van der Waals surface area contributed by atoms with Gasteiger partial charge in [0, 0.05) is 35.5 Å². The summed E-state index contributed by atoms with van der Waals surface area (Å²) in [5.74, 6) is 0.227. The van der Waals surface area contributed by atoms with Gasteiger partial charge in [0.2, 0.25) is 0 Å². The van der Waals surface area contributed by atoms with Gasteiger partial charge < -0.3 is 14.5 Å². The first-order chi connectivity index (χ1) is 13.5. The lowest BCUT2D eigenvalue weighted by molar-refractivity contribution is -0.108. The number of aliphatic hydroxyl groups excluding tert-OH is 1. The number of Topliss-reactive ketones (excluding diaryl/α,β-unsaturated/α-hetero) is 1. The molecule has 146 valence electrons. The highest BCUT2D eigenvalue weighted by molar-refractivity contribution is 6.07. The van der Waals surface area contributed by atoms with E-state index in [1.807, 2.05) is 38.1 Å². The third-order valence-electron chi connectivity index (χ3n) is 5.46. The molecular weight excluding hydrogens is 350 g/mol. The van der Waals surface area contributed by atoms with E-state index in [4.69, 9.17) is 5.11 Å². The van der Waals surface area contributed by atoms with Gasteiger partial charge in [0.1, 0.15) is 6.29 Å². The third-order valence-corrected chi connectivity index (χ3v) is 5.46. The summed E-state index contributed by atoms with van der Waals surface area (Å²) in [6.07, 6.45) is 11.8. The van der Waals surface area contributed by atoms with Crippen molar-refractivity contribution < 1.29 is 14.7 Å². The number of carbonyl (C=O) groups excluding carboxylic acids is 2. The minimum absolute atomic E-state index is 0.0462. The van der Waals surface area contributed by atoms with Crippen molar-refractivity contribution in [2.75, 3.05) is 0 Å². The van der Waals surface area contributed by atoms with Crippen LogP contribution < -0.4 is 0 Å². The van der Waals surface area contributed by atoms with Gasteiger partial charge in [0.15, 0.2) is 5.78 Å². The van der Waals surface area contributed by atoms with E-state index in [0.717, 1.165) is 53.0 Å². The van der Waals surface area contributed by atoms with Crippen molar-refractivity contribution in [1.82, 2.24) is 4.57 Å². The number of aldehydes is 1. The molecule has 4 heteroatoms. The second-order valence-electron chi connectivity index (χ2n) is 7.44. The molecular formula is C24H27NO3. The van der Waals surface area contributed by atoms with E-state index in [1.165, 1.54) is 11.3 Å². The van der Waals surface area contributed by atoms with E-state index in [1.54, 1.807) is 13.0 Å². The molecule has 1 atom stereocenters. The molecule has 0 saturated heterocycles. The number of hydrogen-bond donors (Lipinski definition) is 1. The largest absolute Gasteiger partial charge is 0.516 e. The molecule has 4 nitrogen and oxygen atoms in total. The van der Waals surface area contributed by atoms with Gasteiger partial charge in [-0.3, -0.25) is 4.79 Å². The number of aliphatic hydroxyl groups is 1. The molecule has 0 radical (unpaired) electrons. The summed E-state index contributed by atoms with van der Waals surface area (Å²) in [5.41, 5.74) is 6.22. The second-order valence-corrected chi connectivity index (χ2v) is 7.44. The van der Waals surface area contributed by atoms with Crippen LogP contribution >= 0.6 is 0 Å². The number of ketones is 1. The number of allylic oxidation sites excluding steroid dienone is 5. The Labute approximate surface area is 165 Å². The highest BCUT2D eigenvalue weighted by atomic mass is 16.2. The van der Waals surface area contributed by atoms with Crippen molar-refractivity contribution in [2.24, 2.45) is 0 Å². The maximum Gasteiger partial charge on any atom is 0.161 e. The van der Waals surface area contributed by atoms with Gasteiger partial charge in [0.25, 0.3) is 0 Å². The SMILES string of the molecule is C\C=C/C(=C\C=C\O)Cn1c2c(c3cc(C)cc(C(C)=O)c31)CC[C@@H]2CC=O. The van der Waals surface area contributed by atoms with Crippen molar-refractivity contribution in [3.63, 3.8) is 0 Å². The van der Waals surface area contributed by atoms with Crippen molar-refractivity contribution >= 4 is 23.0 Å². The van der Waals surface area contributed by atoms with Gasteiger partial charge in [-0.1, -0.05) is 18.2 Å². The third kappa shape index (κ3) is 3.59. The van der Waals surface area contributed by atoms with Crippen LogP contribution in [0, 0.1) is 6.92 Å². The minimum Gasteiger partial charge on any atom is -0.516 e. The number of fused-ring (bicyclic) bond motifs is 3. The number of aryl methyl sites for hydroxylation is 2. The number of carbonyl (C=O) groups is 2. The summed E-state index contributed by atoms with van der Waals surface area (Å²) in [6, 6.07) is 4.12. The van der Waals surface area contributed by atoms with Crippen LogP contribution in [0.4, 0.5) is 0 Å². The Morgan fingerprint density at radius 1 is 1.36 bits per heavy atom. The smallest absolute Gasteiger partial charge is 0.161 e. The van der Waals surface area contributed by atoms with Crippen LogP contribution in [0.5, 0.6) is 0 Å². The fourth-order valence-electron chi connectivity index (χ4n) is 4.41. The fraction of sp³-hybridized carbons (Fsp3) is 0.333. The Morgan fingerprint density at radius 3 is 2.79 bits per heavy atom. The van der Waals surface area contributed by atoms with Crippen LogP contribution in [0.2, 0.25) is 0 Å². The number of rotatable bonds is 7. The van der Waals surface area contributed by atoms with E-state index >= 15 is 0 Å². The Hall–Kier alpha value is -2.88. The predicted octanol–water partition coefficient (Wildman–Crippen LogP) is 5.35. The predicted molar refractivity (Wildman–Crippen MR) is 113 cm³/mol.